The van der Waals surface area contributed by atoms with Gasteiger partial charge in [0, 0.05) is 25.7 Å². The Morgan fingerprint density at radius 2 is 2.00 bits per heavy atom. The highest BCUT2D eigenvalue weighted by atomic mass is 16.2. The van der Waals surface area contributed by atoms with E-state index in [1.807, 2.05) is 0 Å². The van der Waals surface area contributed by atoms with Crippen molar-refractivity contribution in [3.05, 3.63) is 0 Å². The Morgan fingerprint density at radius 3 is 2.69 bits per heavy atom. The van der Waals surface area contributed by atoms with Crippen molar-refractivity contribution in [2.75, 3.05) is 19.6 Å². The van der Waals surface area contributed by atoms with Gasteiger partial charge >= 0.3 is 0 Å². The van der Waals surface area contributed by atoms with Gasteiger partial charge in [-0.3, -0.25) is 9.69 Å². The van der Waals surface area contributed by atoms with Crippen molar-refractivity contribution in [1.82, 2.24) is 10.2 Å². The molecule has 3 N–H and O–H groups in total. The maximum atomic E-state index is 11.9. The molecule has 92 valence electrons. The molecule has 2 aliphatic rings. The van der Waals surface area contributed by atoms with E-state index in [1.165, 1.54) is 32.1 Å². The number of nitrogens with two attached hydrogens (primary N) is 1. The molecule has 1 heterocycles. The predicted octanol–water partition coefficient (Wildman–Crippen LogP) is 0.468. The van der Waals surface area contributed by atoms with E-state index >= 15 is 0 Å². The summed E-state index contributed by atoms with van der Waals surface area (Å²) >= 11 is 0. The van der Waals surface area contributed by atoms with Crippen LogP contribution in [0.5, 0.6) is 0 Å². The Hall–Kier alpha value is -0.610. The number of nitrogens with zero attached hydrogens (tertiary/aromatic N) is 1. The number of hydrogen-bond donors (Lipinski definition) is 2. The van der Waals surface area contributed by atoms with Gasteiger partial charge in [-0.15, -0.1) is 0 Å². The highest BCUT2D eigenvalue weighted by Crippen LogP contribution is 2.24. The minimum Gasteiger partial charge on any atom is -0.355 e. The van der Waals surface area contributed by atoms with Crippen LogP contribution >= 0.6 is 0 Å². The first-order valence-electron chi connectivity index (χ1n) is 6.56. The highest BCUT2D eigenvalue weighted by Gasteiger charge is 2.32. The quantitative estimate of drug-likeness (QED) is 0.718. The predicted molar refractivity (Wildman–Crippen MR) is 64.0 cm³/mol. The molecular weight excluding hydrogens is 202 g/mol. The van der Waals surface area contributed by atoms with Gasteiger partial charge in [-0.05, 0) is 19.3 Å². The van der Waals surface area contributed by atoms with Crippen LogP contribution in [0.4, 0.5) is 0 Å². The number of rotatable bonds is 2. The van der Waals surface area contributed by atoms with E-state index in [2.05, 4.69) is 10.2 Å². The molecule has 0 aromatic rings. The van der Waals surface area contributed by atoms with Crippen LogP contribution < -0.4 is 11.1 Å². The van der Waals surface area contributed by atoms with Crippen molar-refractivity contribution < 1.29 is 4.79 Å². The van der Waals surface area contributed by atoms with Crippen molar-refractivity contribution in [1.29, 1.82) is 0 Å². The fraction of sp³-hybridized carbons (Fsp3) is 0.917. The summed E-state index contributed by atoms with van der Waals surface area (Å²) < 4.78 is 0. The summed E-state index contributed by atoms with van der Waals surface area (Å²) in [6.07, 6.45) is 7.50. The minimum absolute atomic E-state index is 0.0920. The SMILES string of the molecule is NCC1C(=O)NCCCN1C1CCCCC1. The highest BCUT2D eigenvalue weighted by molar-refractivity contribution is 5.82. The molecule has 0 aromatic heterocycles. The summed E-state index contributed by atoms with van der Waals surface area (Å²) in [5.74, 6) is 0.130. The van der Waals surface area contributed by atoms with Gasteiger partial charge in [0.05, 0.1) is 0 Å². The molecule has 4 nitrogen and oxygen atoms in total. The van der Waals surface area contributed by atoms with Crippen LogP contribution in [0.1, 0.15) is 38.5 Å². The molecule has 0 bridgehead atoms. The number of nitrogens with one attached hydrogen (secondary N) is 1. The van der Waals surface area contributed by atoms with Gasteiger partial charge in [-0.1, -0.05) is 19.3 Å². The second-order valence-corrected chi connectivity index (χ2v) is 4.93. The molecule has 0 radical (unpaired) electrons. The first-order chi connectivity index (χ1) is 7.83. The van der Waals surface area contributed by atoms with E-state index in [1.54, 1.807) is 0 Å². The normalized spacial score (nSPS) is 29.8. The maximum Gasteiger partial charge on any atom is 0.238 e. The smallest absolute Gasteiger partial charge is 0.238 e. The summed E-state index contributed by atoms with van der Waals surface area (Å²) in [7, 11) is 0. The van der Waals surface area contributed by atoms with Gasteiger partial charge in [-0.25, -0.2) is 0 Å². The molecule has 1 aliphatic carbocycles. The first-order valence-corrected chi connectivity index (χ1v) is 6.56. The van der Waals surface area contributed by atoms with Gasteiger partial charge in [0.15, 0.2) is 0 Å². The molecule has 2 fully saturated rings. The van der Waals surface area contributed by atoms with E-state index in [-0.39, 0.29) is 11.9 Å². The average molecular weight is 225 g/mol. The molecule has 1 saturated heterocycles. The lowest BCUT2D eigenvalue weighted by Crippen LogP contribution is -2.53. The second kappa shape index (κ2) is 5.64. The van der Waals surface area contributed by atoms with Gasteiger partial charge < -0.3 is 11.1 Å². The van der Waals surface area contributed by atoms with Crippen LogP contribution in [-0.4, -0.2) is 42.5 Å². The van der Waals surface area contributed by atoms with Crippen molar-refractivity contribution >= 4 is 5.91 Å². The summed E-state index contributed by atoms with van der Waals surface area (Å²) in [6.45, 7) is 2.27. The summed E-state index contributed by atoms with van der Waals surface area (Å²) in [5.41, 5.74) is 5.76. The minimum atomic E-state index is -0.0920. The molecule has 1 saturated carbocycles. The third-order valence-electron chi connectivity index (χ3n) is 3.86. The van der Waals surface area contributed by atoms with Crippen LogP contribution in [0.25, 0.3) is 0 Å². The van der Waals surface area contributed by atoms with E-state index in [0.29, 0.717) is 12.6 Å². The van der Waals surface area contributed by atoms with E-state index in [4.69, 9.17) is 5.73 Å². The lowest BCUT2D eigenvalue weighted by molar-refractivity contribution is -0.126. The fourth-order valence-corrected chi connectivity index (χ4v) is 2.99. The molecule has 2 rings (SSSR count). The first kappa shape index (κ1) is 11.9. The molecule has 16 heavy (non-hydrogen) atoms. The summed E-state index contributed by atoms with van der Waals surface area (Å²) in [5, 5.41) is 2.95. The van der Waals surface area contributed by atoms with Gasteiger partial charge in [0.25, 0.3) is 0 Å². The Balaban J connectivity index is 2.05. The Morgan fingerprint density at radius 1 is 1.25 bits per heavy atom. The Kier molecular flexibility index (Phi) is 4.18. The topological polar surface area (TPSA) is 58.4 Å². The lowest BCUT2D eigenvalue weighted by atomic mass is 9.93. The molecule has 0 aromatic carbocycles. The maximum absolute atomic E-state index is 11.9. The zero-order valence-electron chi connectivity index (χ0n) is 9.95. The molecule has 1 aliphatic heterocycles. The summed E-state index contributed by atoms with van der Waals surface area (Å²) in [6, 6.07) is 0.497. The van der Waals surface area contributed by atoms with Crippen LogP contribution in [0.3, 0.4) is 0 Å². The van der Waals surface area contributed by atoms with Gasteiger partial charge in [0.2, 0.25) is 5.91 Å². The van der Waals surface area contributed by atoms with E-state index in [0.717, 1.165) is 19.5 Å². The van der Waals surface area contributed by atoms with Gasteiger partial charge in [0.1, 0.15) is 6.04 Å². The molecular formula is C12H23N3O. The number of carbonyl (C=O) groups excluding carboxylic acids is 1. The molecule has 1 amide bonds. The number of amides is 1. The third kappa shape index (κ3) is 2.55. The van der Waals surface area contributed by atoms with Crippen molar-refractivity contribution in [3.63, 3.8) is 0 Å². The van der Waals surface area contributed by atoms with Crippen LogP contribution in [0, 0.1) is 0 Å². The van der Waals surface area contributed by atoms with Crippen molar-refractivity contribution in [2.45, 2.75) is 50.6 Å². The second-order valence-electron chi connectivity index (χ2n) is 4.93. The standard InChI is InChI=1S/C12H23N3O/c13-9-11-12(16)14-7-4-8-15(11)10-5-2-1-3-6-10/h10-11H,1-9,13H2,(H,14,16). The number of hydrogen-bond acceptors (Lipinski definition) is 3. The van der Waals surface area contributed by atoms with E-state index in [9.17, 15) is 4.79 Å². The van der Waals surface area contributed by atoms with Crippen molar-refractivity contribution in [3.8, 4) is 0 Å². The number of carbonyl (C=O) groups is 1. The fourth-order valence-electron chi connectivity index (χ4n) is 2.99. The largest absolute Gasteiger partial charge is 0.355 e. The zero-order valence-corrected chi connectivity index (χ0v) is 9.95. The monoisotopic (exact) mass is 225 g/mol. The van der Waals surface area contributed by atoms with Crippen LogP contribution in [0.2, 0.25) is 0 Å². The molecule has 0 spiro atoms. The third-order valence-corrected chi connectivity index (χ3v) is 3.86. The zero-order chi connectivity index (χ0) is 11.4. The lowest BCUT2D eigenvalue weighted by Gasteiger charge is -2.37. The molecule has 1 atom stereocenters. The van der Waals surface area contributed by atoms with Crippen LogP contribution in [-0.2, 0) is 4.79 Å². The van der Waals surface area contributed by atoms with Crippen molar-refractivity contribution in [2.24, 2.45) is 5.73 Å². The van der Waals surface area contributed by atoms with Crippen LogP contribution in [0.15, 0.2) is 0 Å². The summed E-state index contributed by atoms with van der Waals surface area (Å²) in [4.78, 5) is 14.2. The van der Waals surface area contributed by atoms with Gasteiger partial charge in [-0.2, -0.15) is 0 Å². The Bertz CT molecular complexity index is 238. The Labute approximate surface area is 97.6 Å². The van der Waals surface area contributed by atoms with E-state index < -0.39 is 0 Å². The molecule has 4 heteroatoms. The average Bonchev–Trinajstić information content (AvgIpc) is 2.52. The molecule has 1 unspecified atom stereocenters.